The lowest BCUT2D eigenvalue weighted by atomic mass is 9.92. The van der Waals surface area contributed by atoms with Crippen molar-refractivity contribution in [3.63, 3.8) is 0 Å². The molecule has 3 aromatic rings. The van der Waals surface area contributed by atoms with Gasteiger partial charge in [0.05, 0.1) is 11.7 Å². The van der Waals surface area contributed by atoms with Crippen molar-refractivity contribution < 1.29 is 14.4 Å². The van der Waals surface area contributed by atoms with Crippen molar-refractivity contribution in [1.29, 1.82) is 0 Å². The standard InChI is InChI=1S/C18H15Cl2N3O3/c1-18(2)14(24)6-10-3-11(8-21-16(10)25-18)17-22-15(23-26-17)9-4-12(19)7-13(20)5-9/h3-5,7-8,14,24H,6H2,1-2H3. The average Bonchev–Trinajstić information content (AvgIpc) is 3.04. The number of hydrogen-bond donors (Lipinski definition) is 1. The first kappa shape index (κ1) is 17.3. The number of aliphatic hydroxyl groups excluding tert-OH is 1. The van der Waals surface area contributed by atoms with Crippen molar-refractivity contribution in [2.45, 2.75) is 32.0 Å². The van der Waals surface area contributed by atoms with Crippen LogP contribution in [0.15, 0.2) is 35.0 Å². The van der Waals surface area contributed by atoms with E-state index < -0.39 is 11.7 Å². The first-order valence-corrected chi connectivity index (χ1v) is 8.74. The predicted molar refractivity (Wildman–Crippen MR) is 97.4 cm³/mol. The summed E-state index contributed by atoms with van der Waals surface area (Å²) >= 11 is 12.0. The fourth-order valence-corrected chi connectivity index (χ4v) is 3.29. The Morgan fingerprint density at radius 2 is 1.85 bits per heavy atom. The maximum atomic E-state index is 10.2. The first-order valence-electron chi connectivity index (χ1n) is 7.98. The molecule has 1 atom stereocenters. The number of aliphatic hydroxyl groups is 1. The van der Waals surface area contributed by atoms with Gasteiger partial charge in [-0.15, -0.1) is 0 Å². The summed E-state index contributed by atoms with van der Waals surface area (Å²) in [4.78, 5) is 8.72. The third-order valence-corrected chi connectivity index (χ3v) is 4.73. The Morgan fingerprint density at radius 1 is 1.12 bits per heavy atom. The van der Waals surface area contributed by atoms with E-state index in [1.54, 1.807) is 24.4 Å². The molecular formula is C18H15Cl2N3O3. The van der Waals surface area contributed by atoms with Crippen LogP contribution < -0.4 is 4.74 Å². The molecule has 0 saturated carbocycles. The maximum absolute atomic E-state index is 10.2. The minimum absolute atomic E-state index is 0.311. The minimum Gasteiger partial charge on any atom is -0.469 e. The molecule has 3 heterocycles. The molecule has 134 valence electrons. The van der Waals surface area contributed by atoms with Gasteiger partial charge in [0.1, 0.15) is 5.60 Å². The summed E-state index contributed by atoms with van der Waals surface area (Å²) in [5, 5.41) is 15.2. The highest BCUT2D eigenvalue weighted by Gasteiger charge is 2.36. The Labute approximate surface area is 159 Å². The van der Waals surface area contributed by atoms with E-state index in [1.807, 2.05) is 19.9 Å². The molecule has 2 aromatic heterocycles. The molecule has 1 aliphatic heterocycles. The largest absolute Gasteiger partial charge is 0.469 e. The Kier molecular flexibility index (Phi) is 4.14. The van der Waals surface area contributed by atoms with Gasteiger partial charge in [-0.3, -0.25) is 0 Å². The van der Waals surface area contributed by atoms with Crippen LogP contribution in [0, 0.1) is 0 Å². The van der Waals surface area contributed by atoms with Crippen molar-refractivity contribution in [3.8, 4) is 28.7 Å². The lowest BCUT2D eigenvalue weighted by molar-refractivity contribution is -0.0442. The molecule has 0 radical (unpaired) electrons. The molecule has 0 spiro atoms. The highest BCUT2D eigenvalue weighted by molar-refractivity contribution is 6.35. The summed E-state index contributed by atoms with van der Waals surface area (Å²) in [5.74, 6) is 1.19. The Balaban J connectivity index is 1.67. The number of hydrogen-bond acceptors (Lipinski definition) is 6. The molecule has 0 aliphatic carbocycles. The van der Waals surface area contributed by atoms with Gasteiger partial charge in [0, 0.05) is 33.8 Å². The molecule has 1 aromatic carbocycles. The molecule has 0 amide bonds. The highest BCUT2D eigenvalue weighted by atomic mass is 35.5. The predicted octanol–water partition coefficient (Wildman–Crippen LogP) is 4.18. The molecule has 1 aliphatic rings. The monoisotopic (exact) mass is 391 g/mol. The van der Waals surface area contributed by atoms with Gasteiger partial charge in [0.2, 0.25) is 11.7 Å². The number of halogens is 2. The summed E-state index contributed by atoms with van der Waals surface area (Å²) in [7, 11) is 0. The van der Waals surface area contributed by atoms with Crippen molar-refractivity contribution >= 4 is 23.2 Å². The van der Waals surface area contributed by atoms with Gasteiger partial charge in [0.25, 0.3) is 5.89 Å². The van der Waals surface area contributed by atoms with Crippen LogP contribution in [0.2, 0.25) is 10.0 Å². The van der Waals surface area contributed by atoms with Crippen molar-refractivity contribution in [2.24, 2.45) is 0 Å². The third kappa shape index (κ3) is 3.16. The van der Waals surface area contributed by atoms with Crippen molar-refractivity contribution in [2.75, 3.05) is 0 Å². The van der Waals surface area contributed by atoms with Crippen molar-refractivity contribution in [1.82, 2.24) is 15.1 Å². The Hall–Kier alpha value is -2.15. The second-order valence-electron chi connectivity index (χ2n) is 6.69. The van der Waals surface area contributed by atoms with Gasteiger partial charge < -0.3 is 14.4 Å². The Morgan fingerprint density at radius 3 is 2.58 bits per heavy atom. The number of aromatic nitrogens is 3. The highest BCUT2D eigenvalue weighted by Crippen LogP contribution is 2.34. The topological polar surface area (TPSA) is 81.3 Å². The molecule has 8 heteroatoms. The second-order valence-corrected chi connectivity index (χ2v) is 7.57. The number of benzene rings is 1. The van der Waals surface area contributed by atoms with Crippen molar-refractivity contribution in [3.05, 3.63) is 46.1 Å². The number of fused-ring (bicyclic) bond motifs is 1. The lowest BCUT2D eigenvalue weighted by Gasteiger charge is -2.36. The van der Waals surface area contributed by atoms with Gasteiger partial charge >= 0.3 is 0 Å². The number of ether oxygens (including phenoxy) is 1. The quantitative estimate of drug-likeness (QED) is 0.705. The molecular weight excluding hydrogens is 377 g/mol. The minimum atomic E-state index is -0.676. The van der Waals surface area contributed by atoms with Crippen LogP contribution >= 0.6 is 23.2 Å². The molecule has 0 fully saturated rings. The molecule has 1 unspecified atom stereocenters. The molecule has 0 bridgehead atoms. The van der Waals surface area contributed by atoms with E-state index in [4.69, 9.17) is 32.5 Å². The van der Waals surface area contributed by atoms with Crippen LogP contribution in [0.25, 0.3) is 22.8 Å². The van der Waals surface area contributed by atoms with Crippen LogP contribution in [-0.4, -0.2) is 31.9 Å². The zero-order chi connectivity index (χ0) is 18.5. The summed E-state index contributed by atoms with van der Waals surface area (Å²) < 4.78 is 11.1. The lowest BCUT2D eigenvalue weighted by Crippen LogP contribution is -2.46. The van der Waals surface area contributed by atoms with E-state index in [0.717, 1.165) is 5.56 Å². The van der Waals surface area contributed by atoms with E-state index >= 15 is 0 Å². The summed E-state index contributed by atoms with van der Waals surface area (Å²) in [6, 6.07) is 6.88. The van der Waals surface area contributed by atoms with Gasteiger partial charge in [-0.25, -0.2) is 4.98 Å². The van der Waals surface area contributed by atoms with E-state index in [0.29, 0.717) is 45.2 Å². The fraction of sp³-hybridized carbons (Fsp3) is 0.278. The fourth-order valence-electron chi connectivity index (χ4n) is 2.77. The summed E-state index contributed by atoms with van der Waals surface area (Å²) in [6.45, 7) is 3.66. The summed E-state index contributed by atoms with van der Waals surface area (Å²) in [6.07, 6.45) is 1.42. The van der Waals surface area contributed by atoms with Gasteiger partial charge in [0.15, 0.2) is 0 Å². The molecule has 26 heavy (non-hydrogen) atoms. The van der Waals surface area contributed by atoms with Gasteiger partial charge in [-0.05, 0) is 38.1 Å². The molecule has 6 nitrogen and oxygen atoms in total. The van der Waals surface area contributed by atoms with E-state index in [9.17, 15) is 5.11 Å². The zero-order valence-corrected chi connectivity index (χ0v) is 15.5. The van der Waals surface area contributed by atoms with E-state index in [-0.39, 0.29) is 0 Å². The van der Waals surface area contributed by atoms with Crippen LogP contribution in [0.4, 0.5) is 0 Å². The third-order valence-electron chi connectivity index (χ3n) is 4.29. The number of pyridine rings is 1. The normalized spacial score (nSPS) is 18.3. The van der Waals surface area contributed by atoms with Crippen LogP contribution in [0.5, 0.6) is 5.88 Å². The second kappa shape index (κ2) is 6.23. The van der Waals surface area contributed by atoms with E-state index in [1.165, 1.54) is 0 Å². The first-order chi connectivity index (χ1) is 12.3. The van der Waals surface area contributed by atoms with Crippen LogP contribution in [0.1, 0.15) is 19.4 Å². The van der Waals surface area contributed by atoms with Crippen LogP contribution in [-0.2, 0) is 6.42 Å². The average molecular weight is 392 g/mol. The SMILES string of the molecule is CC1(C)Oc2ncc(-c3nc(-c4cc(Cl)cc(Cl)c4)no3)cc2CC1O. The molecule has 0 saturated heterocycles. The Bertz CT molecular complexity index is 967. The molecule has 1 N–H and O–H groups in total. The number of nitrogens with zero attached hydrogens (tertiary/aromatic N) is 3. The van der Waals surface area contributed by atoms with E-state index in [2.05, 4.69) is 15.1 Å². The summed E-state index contributed by atoms with van der Waals surface area (Å²) in [5.41, 5.74) is 1.42. The number of rotatable bonds is 2. The van der Waals surface area contributed by atoms with Gasteiger partial charge in [-0.1, -0.05) is 28.4 Å². The van der Waals surface area contributed by atoms with Crippen LogP contribution in [0.3, 0.4) is 0 Å². The maximum Gasteiger partial charge on any atom is 0.259 e. The zero-order valence-electron chi connectivity index (χ0n) is 14.0. The smallest absolute Gasteiger partial charge is 0.259 e. The molecule has 4 rings (SSSR count). The van der Waals surface area contributed by atoms with Gasteiger partial charge in [-0.2, -0.15) is 4.98 Å².